The maximum absolute atomic E-state index is 5.75. The first-order valence-electron chi connectivity index (χ1n) is 8.24. The summed E-state index contributed by atoms with van der Waals surface area (Å²) in [5, 5.41) is 3.85. The molecule has 1 heterocycles. The highest BCUT2D eigenvalue weighted by molar-refractivity contribution is 5.37. The minimum atomic E-state index is 0.618. The van der Waals surface area contributed by atoms with Crippen LogP contribution < -0.4 is 10.1 Å². The number of nitrogens with one attached hydrogen (secondary N) is 1. The first-order valence-corrected chi connectivity index (χ1v) is 8.24. The fraction of sp³-hybridized carbons (Fsp3) is 0.667. The van der Waals surface area contributed by atoms with Gasteiger partial charge in [0, 0.05) is 18.5 Å². The smallest absolute Gasteiger partial charge is 0.122 e. The second kappa shape index (κ2) is 6.17. The lowest BCUT2D eigenvalue weighted by molar-refractivity contribution is 0.257. The Bertz CT molecular complexity index is 445. The van der Waals surface area contributed by atoms with Crippen LogP contribution in [0.25, 0.3) is 0 Å². The Morgan fingerprint density at radius 3 is 2.85 bits per heavy atom. The summed E-state index contributed by atoms with van der Waals surface area (Å²) in [7, 11) is 0. The van der Waals surface area contributed by atoms with Gasteiger partial charge in [-0.1, -0.05) is 38.5 Å². The summed E-state index contributed by atoms with van der Waals surface area (Å²) in [4.78, 5) is 0. The Hall–Kier alpha value is -1.02. The first kappa shape index (κ1) is 13.9. The molecule has 1 N–H and O–H groups in total. The van der Waals surface area contributed by atoms with Crippen LogP contribution in [0.4, 0.5) is 0 Å². The maximum atomic E-state index is 5.75. The Morgan fingerprint density at radius 1 is 1.20 bits per heavy atom. The van der Waals surface area contributed by atoms with E-state index in [9.17, 15) is 0 Å². The standard InChI is InChI=1S/C18H27NO/c1-3-14-8-9-17(13(14)2)19-12-15-10-11-20-18-7-5-4-6-16(15)18/h4-7,13-15,17,19H,3,8-12H2,1-2H3. The second-order valence-electron chi connectivity index (χ2n) is 6.49. The highest BCUT2D eigenvalue weighted by atomic mass is 16.5. The summed E-state index contributed by atoms with van der Waals surface area (Å²) in [5.74, 6) is 3.47. The molecule has 2 nitrogen and oxygen atoms in total. The highest BCUT2D eigenvalue weighted by Crippen LogP contribution is 2.36. The van der Waals surface area contributed by atoms with Gasteiger partial charge < -0.3 is 10.1 Å². The average molecular weight is 273 g/mol. The molecule has 1 fully saturated rings. The zero-order valence-electron chi connectivity index (χ0n) is 12.8. The van der Waals surface area contributed by atoms with E-state index >= 15 is 0 Å². The largest absolute Gasteiger partial charge is 0.493 e. The summed E-state index contributed by atoms with van der Waals surface area (Å²) in [6.07, 6.45) is 5.23. The number of fused-ring (bicyclic) bond motifs is 1. The van der Waals surface area contributed by atoms with Crippen LogP contribution in [0.15, 0.2) is 24.3 Å². The molecule has 1 saturated carbocycles. The Kier molecular flexibility index (Phi) is 4.30. The highest BCUT2D eigenvalue weighted by Gasteiger charge is 2.32. The van der Waals surface area contributed by atoms with Gasteiger partial charge in [0.2, 0.25) is 0 Å². The van der Waals surface area contributed by atoms with Crippen molar-refractivity contribution < 1.29 is 4.74 Å². The van der Waals surface area contributed by atoms with E-state index in [4.69, 9.17) is 4.74 Å². The molecule has 0 bridgehead atoms. The van der Waals surface area contributed by atoms with Crippen molar-refractivity contribution in [3.05, 3.63) is 29.8 Å². The van der Waals surface area contributed by atoms with Gasteiger partial charge in [-0.2, -0.15) is 0 Å². The van der Waals surface area contributed by atoms with Gasteiger partial charge >= 0.3 is 0 Å². The molecule has 0 spiro atoms. The van der Waals surface area contributed by atoms with Gasteiger partial charge in [0.15, 0.2) is 0 Å². The Labute approximate surface area is 122 Å². The molecule has 3 rings (SSSR count). The summed E-state index contributed by atoms with van der Waals surface area (Å²) in [5.41, 5.74) is 1.39. The molecule has 0 saturated heterocycles. The van der Waals surface area contributed by atoms with Crippen LogP contribution in [0.5, 0.6) is 5.75 Å². The number of hydrogen-bond donors (Lipinski definition) is 1. The SMILES string of the molecule is CCC1CCC(NCC2CCOc3ccccc32)C1C. The molecule has 1 aromatic rings. The molecule has 4 unspecified atom stereocenters. The molecular formula is C18H27NO. The van der Waals surface area contributed by atoms with E-state index in [-0.39, 0.29) is 0 Å². The lowest BCUT2D eigenvalue weighted by Crippen LogP contribution is -2.36. The van der Waals surface area contributed by atoms with E-state index in [1.54, 1.807) is 0 Å². The third kappa shape index (κ3) is 2.71. The van der Waals surface area contributed by atoms with Crippen molar-refractivity contribution in [3.8, 4) is 5.75 Å². The molecule has 0 amide bonds. The van der Waals surface area contributed by atoms with E-state index in [1.807, 2.05) is 0 Å². The van der Waals surface area contributed by atoms with Crippen molar-refractivity contribution in [2.75, 3.05) is 13.2 Å². The third-order valence-corrected chi connectivity index (χ3v) is 5.46. The molecule has 2 heteroatoms. The van der Waals surface area contributed by atoms with Crippen LogP contribution in [0, 0.1) is 11.8 Å². The van der Waals surface area contributed by atoms with Crippen molar-refractivity contribution in [1.82, 2.24) is 5.32 Å². The predicted molar refractivity (Wildman–Crippen MR) is 83.3 cm³/mol. The first-order chi connectivity index (χ1) is 9.79. The van der Waals surface area contributed by atoms with E-state index in [0.29, 0.717) is 5.92 Å². The molecule has 1 aliphatic carbocycles. The zero-order valence-corrected chi connectivity index (χ0v) is 12.8. The topological polar surface area (TPSA) is 21.3 Å². The third-order valence-electron chi connectivity index (χ3n) is 5.46. The molecular weight excluding hydrogens is 246 g/mol. The van der Waals surface area contributed by atoms with Gasteiger partial charge in [-0.3, -0.25) is 0 Å². The van der Waals surface area contributed by atoms with Gasteiger partial charge in [0.25, 0.3) is 0 Å². The molecule has 0 aromatic heterocycles. The summed E-state index contributed by atoms with van der Waals surface area (Å²) >= 11 is 0. The van der Waals surface area contributed by atoms with Crippen molar-refractivity contribution in [2.45, 2.75) is 51.5 Å². The summed E-state index contributed by atoms with van der Waals surface area (Å²) < 4.78 is 5.75. The van der Waals surface area contributed by atoms with Crippen molar-refractivity contribution in [3.63, 3.8) is 0 Å². The summed E-state index contributed by atoms with van der Waals surface area (Å²) in [6, 6.07) is 9.25. The lowest BCUT2D eigenvalue weighted by Gasteiger charge is -2.28. The van der Waals surface area contributed by atoms with E-state index in [1.165, 1.54) is 24.8 Å². The van der Waals surface area contributed by atoms with Crippen LogP contribution in [-0.4, -0.2) is 19.2 Å². The van der Waals surface area contributed by atoms with Crippen molar-refractivity contribution in [1.29, 1.82) is 0 Å². The van der Waals surface area contributed by atoms with E-state index < -0.39 is 0 Å². The van der Waals surface area contributed by atoms with Crippen LogP contribution in [-0.2, 0) is 0 Å². The molecule has 20 heavy (non-hydrogen) atoms. The van der Waals surface area contributed by atoms with Gasteiger partial charge in [0.1, 0.15) is 5.75 Å². The summed E-state index contributed by atoms with van der Waals surface area (Å²) in [6.45, 7) is 6.72. The maximum Gasteiger partial charge on any atom is 0.122 e. The minimum absolute atomic E-state index is 0.618. The van der Waals surface area contributed by atoms with E-state index in [2.05, 4.69) is 43.4 Å². The van der Waals surface area contributed by atoms with Gasteiger partial charge in [-0.25, -0.2) is 0 Å². The minimum Gasteiger partial charge on any atom is -0.493 e. The predicted octanol–water partition coefficient (Wildman–Crippen LogP) is 3.97. The fourth-order valence-electron chi connectivity index (χ4n) is 4.03. The lowest BCUT2D eigenvalue weighted by atomic mass is 9.91. The number of ether oxygens (including phenoxy) is 1. The molecule has 0 radical (unpaired) electrons. The average Bonchev–Trinajstić information content (AvgIpc) is 2.85. The Morgan fingerprint density at radius 2 is 2.05 bits per heavy atom. The van der Waals surface area contributed by atoms with Crippen LogP contribution in [0.3, 0.4) is 0 Å². The van der Waals surface area contributed by atoms with Crippen LogP contribution >= 0.6 is 0 Å². The Balaban J connectivity index is 1.60. The van der Waals surface area contributed by atoms with Gasteiger partial charge in [-0.05, 0) is 42.7 Å². The zero-order chi connectivity index (χ0) is 13.9. The number of rotatable bonds is 4. The molecule has 110 valence electrons. The van der Waals surface area contributed by atoms with Gasteiger partial charge in [-0.15, -0.1) is 0 Å². The molecule has 4 atom stereocenters. The number of benzene rings is 1. The molecule has 1 aromatic carbocycles. The van der Waals surface area contributed by atoms with Crippen LogP contribution in [0.2, 0.25) is 0 Å². The number of hydrogen-bond acceptors (Lipinski definition) is 2. The van der Waals surface area contributed by atoms with Gasteiger partial charge in [0.05, 0.1) is 6.61 Å². The van der Waals surface area contributed by atoms with Crippen molar-refractivity contribution >= 4 is 0 Å². The second-order valence-corrected chi connectivity index (χ2v) is 6.49. The molecule has 2 aliphatic rings. The fourth-order valence-corrected chi connectivity index (χ4v) is 4.03. The monoisotopic (exact) mass is 273 g/mol. The van der Waals surface area contributed by atoms with Crippen LogP contribution in [0.1, 0.15) is 51.0 Å². The van der Waals surface area contributed by atoms with Crippen molar-refractivity contribution in [2.24, 2.45) is 11.8 Å². The molecule has 1 aliphatic heterocycles. The normalized spacial score (nSPS) is 32.7. The number of para-hydroxylation sites is 1. The van der Waals surface area contributed by atoms with E-state index in [0.717, 1.165) is 43.2 Å². The quantitative estimate of drug-likeness (QED) is 0.896.